The van der Waals surface area contributed by atoms with Gasteiger partial charge in [-0.25, -0.2) is 0 Å². The van der Waals surface area contributed by atoms with E-state index < -0.39 is 40.0 Å². The number of aliphatic carboxylic acids is 1. The molecule has 2 aromatic carbocycles. The third-order valence-corrected chi connectivity index (χ3v) is 10.1. The van der Waals surface area contributed by atoms with E-state index in [0.29, 0.717) is 41.8 Å². The molecule has 2 atom stereocenters. The standard InChI is InChI=1S/C30H39F3N4O5S/c1-6-20-12-21-10-11-24(30(31,32)33)14-26(21)43(40,41)37(15-20)16-23-13-22(9-8-19(23)3)27(29(4,5)28(38)39)42-18-25-17-36(7-2)35-34-25/h8-11,13-14,17,20,27,40-41H,6-7,12,15-16,18H2,1-5H3,(H,38,39)/t20-,27+/m0/s1. The van der Waals surface area contributed by atoms with Gasteiger partial charge in [0.25, 0.3) is 0 Å². The molecule has 0 spiro atoms. The van der Waals surface area contributed by atoms with Gasteiger partial charge in [0.15, 0.2) is 0 Å². The Morgan fingerprint density at radius 2 is 1.88 bits per heavy atom. The first-order valence-corrected chi connectivity index (χ1v) is 15.6. The van der Waals surface area contributed by atoms with Crippen LogP contribution in [0.25, 0.3) is 0 Å². The van der Waals surface area contributed by atoms with Gasteiger partial charge in [-0.05, 0) is 74.4 Å². The lowest BCUT2D eigenvalue weighted by molar-refractivity contribution is -0.158. The number of ether oxygens (including phenoxy) is 1. The predicted molar refractivity (Wildman–Crippen MR) is 156 cm³/mol. The van der Waals surface area contributed by atoms with Crippen LogP contribution < -0.4 is 0 Å². The minimum Gasteiger partial charge on any atom is -0.481 e. The maximum atomic E-state index is 13.6. The van der Waals surface area contributed by atoms with Crippen molar-refractivity contribution in [3.63, 3.8) is 0 Å². The van der Waals surface area contributed by atoms with Gasteiger partial charge in [-0.2, -0.15) is 17.5 Å². The van der Waals surface area contributed by atoms with Gasteiger partial charge in [-0.1, -0.05) is 42.8 Å². The third-order valence-electron chi connectivity index (χ3n) is 8.13. The average molecular weight is 625 g/mol. The Morgan fingerprint density at radius 1 is 1.16 bits per heavy atom. The molecular weight excluding hydrogens is 585 g/mol. The van der Waals surface area contributed by atoms with Gasteiger partial charge in [0, 0.05) is 19.6 Å². The molecule has 236 valence electrons. The minimum absolute atomic E-state index is 0.0216. The van der Waals surface area contributed by atoms with Crippen LogP contribution in [0.2, 0.25) is 0 Å². The molecule has 9 nitrogen and oxygen atoms in total. The number of carboxylic acids is 1. The van der Waals surface area contributed by atoms with Gasteiger partial charge in [0.2, 0.25) is 0 Å². The monoisotopic (exact) mass is 624 g/mol. The summed E-state index contributed by atoms with van der Waals surface area (Å²) >= 11 is 0. The zero-order chi connectivity index (χ0) is 31.7. The smallest absolute Gasteiger partial charge is 0.416 e. The van der Waals surface area contributed by atoms with Crippen LogP contribution in [-0.4, -0.2) is 46.0 Å². The van der Waals surface area contributed by atoms with E-state index in [9.17, 15) is 32.2 Å². The summed E-state index contributed by atoms with van der Waals surface area (Å²) in [5.74, 6) is -1.09. The van der Waals surface area contributed by atoms with E-state index in [4.69, 9.17) is 4.74 Å². The third kappa shape index (κ3) is 7.07. The maximum Gasteiger partial charge on any atom is 0.416 e. The molecule has 4 rings (SSSR count). The number of carboxylic acid groups (broad SMARTS) is 1. The number of nitrogens with zero attached hydrogens (tertiary/aromatic N) is 4. The molecule has 0 aliphatic carbocycles. The number of hydrogen-bond acceptors (Lipinski definition) is 7. The molecule has 43 heavy (non-hydrogen) atoms. The highest BCUT2D eigenvalue weighted by Gasteiger charge is 2.40. The van der Waals surface area contributed by atoms with E-state index in [1.807, 2.05) is 26.8 Å². The molecule has 0 fully saturated rings. The van der Waals surface area contributed by atoms with Gasteiger partial charge in [-0.15, -0.1) is 15.9 Å². The molecule has 0 saturated heterocycles. The van der Waals surface area contributed by atoms with Gasteiger partial charge >= 0.3 is 12.1 Å². The predicted octanol–water partition coefficient (Wildman–Crippen LogP) is 7.10. The van der Waals surface area contributed by atoms with Crippen molar-refractivity contribution in [3.05, 3.63) is 76.1 Å². The van der Waals surface area contributed by atoms with E-state index >= 15 is 0 Å². The van der Waals surface area contributed by atoms with Crippen molar-refractivity contribution in [3.8, 4) is 0 Å². The number of aryl methyl sites for hydroxylation is 2. The Bertz CT molecular complexity index is 1460. The molecule has 3 N–H and O–H groups in total. The molecule has 1 aliphatic heterocycles. The number of benzene rings is 2. The zero-order valence-electron chi connectivity index (χ0n) is 24.9. The van der Waals surface area contributed by atoms with Crippen molar-refractivity contribution in [1.29, 1.82) is 0 Å². The summed E-state index contributed by atoms with van der Waals surface area (Å²) in [5.41, 5.74) is 0.792. The number of hydrogen-bond donors (Lipinski definition) is 3. The van der Waals surface area contributed by atoms with Crippen molar-refractivity contribution < 1.29 is 36.9 Å². The second-order valence-corrected chi connectivity index (χ2v) is 13.6. The molecule has 0 saturated carbocycles. The molecular formula is C30H39F3N4O5S. The number of fused-ring (bicyclic) bond motifs is 1. The maximum absolute atomic E-state index is 13.6. The first kappa shape index (κ1) is 32.9. The van der Waals surface area contributed by atoms with Crippen LogP contribution in [0, 0.1) is 18.3 Å². The lowest BCUT2D eigenvalue weighted by Crippen LogP contribution is -2.33. The quantitative estimate of drug-likeness (QED) is 0.218. The Hall–Kier alpha value is -2.97. The van der Waals surface area contributed by atoms with Crippen molar-refractivity contribution in [2.75, 3.05) is 6.54 Å². The van der Waals surface area contributed by atoms with Gasteiger partial charge < -0.3 is 9.84 Å². The molecule has 3 aromatic rings. The van der Waals surface area contributed by atoms with Crippen LogP contribution >= 0.6 is 10.8 Å². The molecule has 0 amide bonds. The zero-order valence-corrected chi connectivity index (χ0v) is 25.7. The van der Waals surface area contributed by atoms with Crippen LogP contribution in [0.5, 0.6) is 0 Å². The lowest BCUT2D eigenvalue weighted by Gasteiger charge is -2.43. The lowest BCUT2D eigenvalue weighted by atomic mass is 9.81. The van der Waals surface area contributed by atoms with Gasteiger partial charge in [-0.3, -0.25) is 18.6 Å². The van der Waals surface area contributed by atoms with E-state index in [2.05, 4.69) is 10.3 Å². The van der Waals surface area contributed by atoms with Crippen molar-refractivity contribution in [1.82, 2.24) is 19.3 Å². The summed E-state index contributed by atoms with van der Waals surface area (Å²) < 4.78 is 73.0. The Kier molecular flexibility index (Phi) is 9.62. The number of halogens is 3. The molecule has 2 heterocycles. The van der Waals surface area contributed by atoms with E-state index in [0.717, 1.165) is 17.7 Å². The summed E-state index contributed by atoms with van der Waals surface area (Å²) in [6.45, 7) is 9.78. The number of alkyl halides is 3. The summed E-state index contributed by atoms with van der Waals surface area (Å²) in [6, 6.07) is 8.55. The topological polar surface area (TPSA) is 121 Å². The van der Waals surface area contributed by atoms with E-state index in [1.165, 1.54) is 10.4 Å². The minimum atomic E-state index is -4.63. The second kappa shape index (κ2) is 12.6. The summed E-state index contributed by atoms with van der Waals surface area (Å²) in [4.78, 5) is 12.2. The highest BCUT2D eigenvalue weighted by atomic mass is 32.3. The van der Waals surface area contributed by atoms with E-state index in [-0.39, 0.29) is 30.5 Å². The largest absolute Gasteiger partial charge is 0.481 e. The first-order chi connectivity index (χ1) is 20.1. The molecule has 13 heteroatoms. The van der Waals surface area contributed by atoms with E-state index in [1.54, 1.807) is 36.9 Å². The summed E-state index contributed by atoms with van der Waals surface area (Å²) in [5, 5.41) is 18.1. The van der Waals surface area contributed by atoms with Crippen molar-refractivity contribution in [2.24, 2.45) is 11.3 Å². The van der Waals surface area contributed by atoms with Crippen LogP contribution in [0.1, 0.15) is 73.7 Å². The fourth-order valence-corrected chi connectivity index (χ4v) is 7.07. The Balaban J connectivity index is 1.71. The van der Waals surface area contributed by atoms with Gasteiger partial charge in [0.1, 0.15) is 5.69 Å². The van der Waals surface area contributed by atoms with Crippen LogP contribution in [0.4, 0.5) is 13.2 Å². The van der Waals surface area contributed by atoms with Crippen molar-refractivity contribution >= 4 is 16.7 Å². The molecule has 1 aromatic heterocycles. The van der Waals surface area contributed by atoms with Crippen LogP contribution in [-0.2, 0) is 41.8 Å². The van der Waals surface area contributed by atoms with Crippen LogP contribution in [0.15, 0.2) is 47.5 Å². The van der Waals surface area contributed by atoms with Gasteiger partial charge in [0.05, 0.1) is 34.8 Å². The fourth-order valence-electron chi connectivity index (χ4n) is 5.27. The Morgan fingerprint density at radius 3 is 2.49 bits per heavy atom. The fraction of sp³-hybridized carbons (Fsp3) is 0.500. The number of carbonyl (C=O) groups is 1. The normalized spacial score (nSPS) is 19.0. The number of rotatable bonds is 10. The van der Waals surface area contributed by atoms with Crippen molar-refractivity contribution in [2.45, 2.75) is 84.3 Å². The molecule has 0 bridgehead atoms. The molecule has 0 radical (unpaired) electrons. The SMILES string of the molecule is CC[C@H]1Cc2ccc(C(F)(F)F)cc2S(O)(O)N(Cc2cc([C@@H](OCc3cn(CC)nn3)C(C)(C)C(=O)O)ccc2C)C1. The first-order valence-electron chi connectivity index (χ1n) is 14.1. The molecule has 0 unspecified atom stereocenters. The van der Waals surface area contributed by atoms with Crippen LogP contribution in [0.3, 0.4) is 0 Å². The summed E-state index contributed by atoms with van der Waals surface area (Å²) in [6.07, 6.45) is -2.70. The summed E-state index contributed by atoms with van der Waals surface area (Å²) in [7, 11) is -3.79. The Labute approximate surface area is 251 Å². The number of aromatic nitrogens is 3. The molecule has 1 aliphatic rings. The second-order valence-electron chi connectivity index (χ2n) is 11.6. The average Bonchev–Trinajstić information content (AvgIpc) is 3.37. The highest BCUT2D eigenvalue weighted by Crippen LogP contribution is 2.57. The highest BCUT2D eigenvalue weighted by molar-refractivity contribution is 8.22.